The molecule has 0 fully saturated rings. The van der Waals surface area contributed by atoms with Crippen LogP contribution in [0, 0.1) is 0 Å². The summed E-state index contributed by atoms with van der Waals surface area (Å²) in [5.41, 5.74) is 17.7. The Labute approximate surface area is 346 Å². The first-order chi connectivity index (χ1) is 29.3. The van der Waals surface area contributed by atoms with Crippen LogP contribution in [0.25, 0.3) is 77.5 Å². The van der Waals surface area contributed by atoms with Gasteiger partial charge >= 0.3 is 0 Å². The molecule has 10 aromatic carbocycles. The number of fused-ring (bicyclic) bond motifs is 1. The molecule has 0 radical (unpaired) electrons. The summed E-state index contributed by atoms with van der Waals surface area (Å²) < 4.78 is 0. The van der Waals surface area contributed by atoms with Crippen molar-refractivity contribution in [1.29, 1.82) is 0 Å². The van der Waals surface area contributed by atoms with Crippen molar-refractivity contribution < 1.29 is 0 Å². The predicted octanol–water partition coefficient (Wildman–Crippen LogP) is 16.3. The second kappa shape index (κ2) is 16.0. The number of hydrogen-bond donors (Lipinski definition) is 0. The Kier molecular flexibility index (Phi) is 9.68. The number of rotatable bonds is 9. The fraction of sp³-hybridized carbons (Fsp3) is 0. The molecule has 0 aliphatic heterocycles. The van der Waals surface area contributed by atoms with Gasteiger partial charge in [-0.05, 0) is 108 Å². The van der Waals surface area contributed by atoms with E-state index >= 15 is 0 Å². The standard InChI is InChI=1S/C58H41N/c1-5-15-42(16-6-1)44-25-27-45(28-26-44)46-29-35-52(36-30-46)59(57-40-34-51(43-17-7-2-8-18-43)41-56(57)47-19-9-3-10-20-47)53-37-31-49(32-38-53)55-39-33-48-21-13-14-24-54(48)58(55)50-22-11-4-12-23-50/h1-41H. The topological polar surface area (TPSA) is 3.24 Å². The van der Waals surface area contributed by atoms with Gasteiger partial charge in [0.2, 0.25) is 0 Å². The first-order valence-electron chi connectivity index (χ1n) is 20.3. The summed E-state index contributed by atoms with van der Waals surface area (Å²) in [5, 5.41) is 2.49. The number of nitrogens with zero attached hydrogens (tertiary/aromatic N) is 1. The van der Waals surface area contributed by atoms with Crippen molar-refractivity contribution in [1.82, 2.24) is 0 Å². The molecule has 0 saturated heterocycles. The number of benzene rings is 10. The van der Waals surface area contributed by atoms with Gasteiger partial charge in [-0.15, -0.1) is 0 Å². The highest BCUT2D eigenvalue weighted by molar-refractivity contribution is 6.04. The van der Waals surface area contributed by atoms with Gasteiger partial charge in [0.25, 0.3) is 0 Å². The molecule has 0 aliphatic carbocycles. The van der Waals surface area contributed by atoms with E-state index in [0.29, 0.717) is 0 Å². The van der Waals surface area contributed by atoms with Crippen LogP contribution in [-0.4, -0.2) is 0 Å². The van der Waals surface area contributed by atoms with E-state index in [2.05, 4.69) is 254 Å². The third-order valence-corrected chi connectivity index (χ3v) is 11.3. The molecule has 0 spiro atoms. The molecule has 59 heavy (non-hydrogen) atoms. The maximum absolute atomic E-state index is 2.40. The quantitative estimate of drug-likeness (QED) is 0.142. The van der Waals surface area contributed by atoms with Crippen molar-refractivity contribution in [3.05, 3.63) is 249 Å². The molecule has 0 N–H and O–H groups in total. The fourth-order valence-corrected chi connectivity index (χ4v) is 8.32. The van der Waals surface area contributed by atoms with Crippen LogP contribution in [0.2, 0.25) is 0 Å². The SMILES string of the molecule is c1ccc(-c2ccc(-c3ccc(N(c4ccc(-c5ccc6ccccc6c5-c5ccccc5)cc4)c4ccc(-c5ccccc5)cc4-c4ccccc4)cc3)cc2)cc1. The zero-order valence-electron chi connectivity index (χ0n) is 32.6. The Morgan fingerprint density at radius 3 is 1.19 bits per heavy atom. The third-order valence-electron chi connectivity index (χ3n) is 11.3. The molecule has 0 amide bonds. The highest BCUT2D eigenvalue weighted by atomic mass is 15.1. The fourth-order valence-electron chi connectivity index (χ4n) is 8.32. The molecule has 10 aromatic rings. The van der Waals surface area contributed by atoms with Crippen LogP contribution in [0.1, 0.15) is 0 Å². The Bertz CT molecular complexity index is 2970. The second-order valence-electron chi connectivity index (χ2n) is 14.9. The summed E-state index contributed by atoms with van der Waals surface area (Å²) in [6.45, 7) is 0. The maximum atomic E-state index is 2.40. The minimum Gasteiger partial charge on any atom is -0.310 e. The van der Waals surface area contributed by atoms with Gasteiger partial charge in [0.15, 0.2) is 0 Å². The summed E-state index contributed by atoms with van der Waals surface area (Å²) in [6, 6.07) is 89.8. The summed E-state index contributed by atoms with van der Waals surface area (Å²) in [7, 11) is 0. The van der Waals surface area contributed by atoms with Gasteiger partial charge < -0.3 is 4.90 Å². The van der Waals surface area contributed by atoms with Crippen molar-refractivity contribution in [2.45, 2.75) is 0 Å². The highest BCUT2D eigenvalue weighted by Crippen LogP contribution is 2.45. The smallest absolute Gasteiger partial charge is 0.0540 e. The van der Waals surface area contributed by atoms with Gasteiger partial charge in [0.1, 0.15) is 0 Å². The lowest BCUT2D eigenvalue weighted by Crippen LogP contribution is -2.11. The summed E-state index contributed by atoms with van der Waals surface area (Å²) in [6.07, 6.45) is 0. The van der Waals surface area contributed by atoms with E-state index in [4.69, 9.17) is 0 Å². The normalized spacial score (nSPS) is 11.1. The third kappa shape index (κ3) is 7.23. The van der Waals surface area contributed by atoms with Crippen LogP contribution >= 0.6 is 0 Å². The molecule has 1 nitrogen and oxygen atoms in total. The maximum Gasteiger partial charge on any atom is 0.0540 e. The van der Waals surface area contributed by atoms with Crippen LogP contribution in [0.5, 0.6) is 0 Å². The van der Waals surface area contributed by atoms with Crippen molar-refractivity contribution in [2.75, 3.05) is 4.90 Å². The van der Waals surface area contributed by atoms with Crippen LogP contribution in [0.3, 0.4) is 0 Å². The molecule has 1 heteroatoms. The summed E-state index contributed by atoms with van der Waals surface area (Å²) >= 11 is 0. The lowest BCUT2D eigenvalue weighted by molar-refractivity contribution is 1.28. The molecule has 278 valence electrons. The molecular formula is C58H41N. The van der Waals surface area contributed by atoms with E-state index in [1.165, 1.54) is 72.0 Å². The van der Waals surface area contributed by atoms with Gasteiger partial charge in [-0.2, -0.15) is 0 Å². The van der Waals surface area contributed by atoms with Gasteiger partial charge in [-0.25, -0.2) is 0 Å². The van der Waals surface area contributed by atoms with Gasteiger partial charge in [0.05, 0.1) is 5.69 Å². The zero-order valence-corrected chi connectivity index (χ0v) is 32.6. The largest absolute Gasteiger partial charge is 0.310 e. The number of hydrogen-bond acceptors (Lipinski definition) is 1. The zero-order chi connectivity index (χ0) is 39.4. The molecule has 0 saturated carbocycles. The average Bonchev–Trinajstić information content (AvgIpc) is 3.33. The predicted molar refractivity (Wildman–Crippen MR) is 251 cm³/mol. The minimum absolute atomic E-state index is 1.08. The van der Waals surface area contributed by atoms with Crippen LogP contribution < -0.4 is 4.90 Å². The molecule has 0 atom stereocenters. The van der Waals surface area contributed by atoms with Crippen molar-refractivity contribution in [3.8, 4) is 66.8 Å². The lowest BCUT2D eigenvalue weighted by Gasteiger charge is -2.29. The molecule has 0 heterocycles. The van der Waals surface area contributed by atoms with E-state index < -0.39 is 0 Å². The van der Waals surface area contributed by atoms with Crippen molar-refractivity contribution in [2.24, 2.45) is 0 Å². The van der Waals surface area contributed by atoms with Gasteiger partial charge in [-0.3, -0.25) is 0 Å². The van der Waals surface area contributed by atoms with E-state index in [0.717, 1.165) is 22.6 Å². The highest BCUT2D eigenvalue weighted by Gasteiger charge is 2.20. The monoisotopic (exact) mass is 751 g/mol. The Balaban J connectivity index is 1.10. The van der Waals surface area contributed by atoms with Crippen molar-refractivity contribution >= 4 is 27.8 Å². The molecule has 0 unspecified atom stereocenters. The summed E-state index contributed by atoms with van der Waals surface area (Å²) in [4.78, 5) is 2.40. The first-order valence-corrected chi connectivity index (χ1v) is 20.3. The Hall–Kier alpha value is -7.74. The van der Waals surface area contributed by atoms with Crippen molar-refractivity contribution in [3.63, 3.8) is 0 Å². The van der Waals surface area contributed by atoms with Crippen LogP contribution in [0.4, 0.5) is 17.1 Å². The Morgan fingerprint density at radius 2 is 0.627 bits per heavy atom. The summed E-state index contributed by atoms with van der Waals surface area (Å²) in [5.74, 6) is 0. The van der Waals surface area contributed by atoms with E-state index in [9.17, 15) is 0 Å². The van der Waals surface area contributed by atoms with Gasteiger partial charge in [0, 0.05) is 16.9 Å². The molecule has 0 bridgehead atoms. The van der Waals surface area contributed by atoms with Crippen LogP contribution in [-0.2, 0) is 0 Å². The average molecular weight is 752 g/mol. The van der Waals surface area contributed by atoms with Crippen LogP contribution in [0.15, 0.2) is 249 Å². The van der Waals surface area contributed by atoms with E-state index in [1.807, 2.05) is 0 Å². The van der Waals surface area contributed by atoms with E-state index in [-0.39, 0.29) is 0 Å². The minimum atomic E-state index is 1.08. The lowest BCUT2D eigenvalue weighted by atomic mass is 9.89. The first kappa shape index (κ1) is 35.7. The molecule has 10 rings (SSSR count). The molecule has 0 aliphatic rings. The Morgan fingerprint density at radius 1 is 0.237 bits per heavy atom. The molecule has 0 aromatic heterocycles. The second-order valence-corrected chi connectivity index (χ2v) is 14.9. The number of anilines is 3. The van der Waals surface area contributed by atoms with Gasteiger partial charge in [-0.1, -0.05) is 212 Å². The molecular weight excluding hydrogens is 711 g/mol. The van der Waals surface area contributed by atoms with E-state index in [1.54, 1.807) is 0 Å².